The van der Waals surface area contributed by atoms with E-state index in [1.807, 2.05) is 0 Å². The van der Waals surface area contributed by atoms with Crippen LogP contribution in [-0.2, 0) is 23.9 Å². The summed E-state index contributed by atoms with van der Waals surface area (Å²) in [5.74, 6) is -1.74. The Morgan fingerprint density at radius 2 is 1.79 bits per heavy atom. The Hall–Kier alpha value is -4.93. The van der Waals surface area contributed by atoms with Crippen LogP contribution in [0.1, 0.15) is 13.3 Å². The van der Waals surface area contributed by atoms with Gasteiger partial charge in [-0.2, -0.15) is 0 Å². The first-order valence-corrected chi connectivity index (χ1v) is 11.5. The van der Waals surface area contributed by atoms with E-state index in [1.165, 1.54) is 26.2 Å². The molecule has 0 spiro atoms. The summed E-state index contributed by atoms with van der Waals surface area (Å²) in [6.07, 6.45) is 0.769. The Balaban J connectivity index is 2.33. The Morgan fingerprint density at radius 3 is 2.38 bits per heavy atom. The highest BCUT2D eigenvalue weighted by molar-refractivity contribution is 9.10. The van der Waals surface area contributed by atoms with Crippen LogP contribution in [0, 0.1) is 20.2 Å². The Morgan fingerprint density at radius 1 is 1.08 bits per heavy atom. The standard InChI is InChI=1S/C22H21BrN6O10/c1-4-38-21(32)11-39-20(31)5-6-24-17-9-15(25-12(2)30)16(10-19(17)37-3)26-27-22-14(23)7-13(28(33)34)8-18(22)29(35)36/h4,7-10,24H,1,5-6,11H2,2-3H3,(H,25,30). The average molecular weight is 609 g/mol. The normalized spacial score (nSPS) is 10.4. The van der Waals surface area contributed by atoms with E-state index < -0.39 is 45.7 Å². The highest BCUT2D eigenvalue weighted by Gasteiger charge is 2.24. The molecule has 2 aromatic carbocycles. The monoisotopic (exact) mass is 608 g/mol. The number of benzene rings is 2. The minimum Gasteiger partial charge on any atom is -0.495 e. The van der Waals surface area contributed by atoms with E-state index in [2.05, 4.69) is 48.1 Å². The molecule has 0 aromatic heterocycles. The zero-order valence-corrected chi connectivity index (χ0v) is 22.1. The van der Waals surface area contributed by atoms with Gasteiger partial charge < -0.3 is 24.8 Å². The molecule has 16 nitrogen and oxygen atoms in total. The third kappa shape index (κ3) is 8.85. The largest absolute Gasteiger partial charge is 0.495 e. The molecule has 0 fully saturated rings. The van der Waals surface area contributed by atoms with Gasteiger partial charge in [0.15, 0.2) is 12.3 Å². The van der Waals surface area contributed by atoms with Crippen molar-refractivity contribution in [1.82, 2.24) is 0 Å². The van der Waals surface area contributed by atoms with Gasteiger partial charge in [0.05, 0.1) is 51.6 Å². The van der Waals surface area contributed by atoms with Gasteiger partial charge in [0.1, 0.15) is 11.4 Å². The van der Waals surface area contributed by atoms with Crippen molar-refractivity contribution in [3.63, 3.8) is 0 Å². The number of non-ortho nitro benzene ring substituents is 1. The Labute approximate surface area is 228 Å². The summed E-state index contributed by atoms with van der Waals surface area (Å²) in [5, 5.41) is 35.9. The predicted molar refractivity (Wildman–Crippen MR) is 139 cm³/mol. The Kier molecular flexibility index (Phi) is 11.0. The van der Waals surface area contributed by atoms with Gasteiger partial charge in [0, 0.05) is 25.6 Å². The van der Waals surface area contributed by atoms with E-state index in [4.69, 9.17) is 9.47 Å². The van der Waals surface area contributed by atoms with E-state index in [0.29, 0.717) is 5.69 Å². The molecule has 0 atom stereocenters. The van der Waals surface area contributed by atoms with E-state index in [0.717, 1.165) is 18.4 Å². The molecule has 0 aliphatic rings. The van der Waals surface area contributed by atoms with Crippen molar-refractivity contribution in [2.24, 2.45) is 10.2 Å². The second kappa shape index (κ2) is 14.1. The zero-order chi connectivity index (χ0) is 29.1. The predicted octanol–water partition coefficient (Wildman–Crippen LogP) is 4.68. The molecule has 0 radical (unpaired) electrons. The molecule has 1 amide bonds. The number of esters is 2. The van der Waals surface area contributed by atoms with E-state index in [1.54, 1.807) is 0 Å². The number of azo groups is 1. The lowest BCUT2D eigenvalue weighted by molar-refractivity contribution is -0.393. The first kappa shape index (κ1) is 30.3. The van der Waals surface area contributed by atoms with Crippen LogP contribution in [0.4, 0.5) is 34.1 Å². The van der Waals surface area contributed by atoms with Gasteiger partial charge in [-0.15, -0.1) is 10.2 Å². The molecule has 0 bridgehead atoms. The lowest BCUT2D eigenvalue weighted by Gasteiger charge is -2.15. The molecule has 0 saturated heterocycles. The number of nitrogens with one attached hydrogen (secondary N) is 2. The number of nitro benzene ring substituents is 2. The SMILES string of the molecule is C=COC(=O)COC(=O)CCNc1cc(NC(C)=O)c(N=Nc2c(Br)cc([N+](=O)[O-])cc2[N+](=O)[O-])cc1OC. The molecule has 2 rings (SSSR count). The molecule has 0 aliphatic carbocycles. The fraction of sp³-hybridized carbons (Fsp3) is 0.227. The molecule has 17 heteroatoms. The Bertz CT molecular complexity index is 1350. The van der Waals surface area contributed by atoms with E-state index >= 15 is 0 Å². The highest BCUT2D eigenvalue weighted by atomic mass is 79.9. The number of rotatable bonds is 13. The quantitative estimate of drug-likeness (QED) is 0.105. The summed E-state index contributed by atoms with van der Waals surface area (Å²) < 4.78 is 14.5. The van der Waals surface area contributed by atoms with Crippen molar-refractivity contribution in [1.29, 1.82) is 0 Å². The van der Waals surface area contributed by atoms with Crippen molar-refractivity contribution < 1.29 is 38.4 Å². The van der Waals surface area contributed by atoms with Crippen molar-refractivity contribution in [3.05, 3.63) is 61.8 Å². The third-order valence-corrected chi connectivity index (χ3v) is 5.14. The summed E-state index contributed by atoms with van der Waals surface area (Å²) in [4.78, 5) is 55.8. The summed E-state index contributed by atoms with van der Waals surface area (Å²) in [7, 11) is 1.34. The van der Waals surface area contributed by atoms with Gasteiger partial charge in [0.2, 0.25) is 5.91 Å². The van der Waals surface area contributed by atoms with Crippen LogP contribution in [0.25, 0.3) is 0 Å². The van der Waals surface area contributed by atoms with Crippen molar-refractivity contribution in [2.45, 2.75) is 13.3 Å². The van der Waals surface area contributed by atoms with Crippen molar-refractivity contribution in [2.75, 3.05) is 30.9 Å². The van der Waals surface area contributed by atoms with Gasteiger partial charge in [-0.1, -0.05) is 6.58 Å². The fourth-order valence-electron chi connectivity index (χ4n) is 2.90. The van der Waals surface area contributed by atoms with Gasteiger partial charge in [-0.3, -0.25) is 29.8 Å². The minimum absolute atomic E-state index is 0.0345. The van der Waals surface area contributed by atoms with Gasteiger partial charge >= 0.3 is 17.6 Å². The van der Waals surface area contributed by atoms with Crippen molar-refractivity contribution >= 4 is 67.9 Å². The molecule has 0 saturated carbocycles. The van der Waals surface area contributed by atoms with E-state index in [9.17, 15) is 34.6 Å². The number of carbonyl (C=O) groups is 3. The lowest BCUT2D eigenvalue weighted by atomic mass is 10.2. The third-order valence-electron chi connectivity index (χ3n) is 4.53. The molecular weight excluding hydrogens is 588 g/mol. The van der Waals surface area contributed by atoms with Gasteiger partial charge in [-0.25, -0.2) is 4.79 Å². The number of ether oxygens (including phenoxy) is 3. The number of nitro groups is 2. The summed E-state index contributed by atoms with van der Waals surface area (Å²) in [6.45, 7) is 3.92. The van der Waals surface area contributed by atoms with Crippen LogP contribution >= 0.6 is 15.9 Å². The summed E-state index contributed by atoms with van der Waals surface area (Å²) in [6, 6.07) is 4.58. The fourth-order valence-corrected chi connectivity index (χ4v) is 3.42. The van der Waals surface area contributed by atoms with Crippen LogP contribution in [0.2, 0.25) is 0 Å². The van der Waals surface area contributed by atoms with E-state index in [-0.39, 0.29) is 40.2 Å². The number of amides is 1. The molecule has 0 unspecified atom stereocenters. The number of nitrogens with zero attached hydrogens (tertiary/aromatic N) is 4. The molecular formula is C22H21BrN6O10. The first-order valence-electron chi connectivity index (χ1n) is 10.7. The number of carbonyl (C=O) groups excluding carboxylic acids is 3. The summed E-state index contributed by atoms with van der Waals surface area (Å²) in [5.41, 5.74) is -0.991. The molecule has 39 heavy (non-hydrogen) atoms. The maximum absolute atomic E-state index is 11.8. The molecule has 0 heterocycles. The summed E-state index contributed by atoms with van der Waals surface area (Å²) >= 11 is 3.04. The van der Waals surface area contributed by atoms with Crippen LogP contribution < -0.4 is 15.4 Å². The zero-order valence-electron chi connectivity index (χ0n) is 20.5. The number of anilines is 2. The number of methoxy groups -OCH3 is 1. The highest BCUT2D eigenvalue weighted by Crippen LogP contribution is 2.42. The molecule has 2 N–H and O–H groups in total. The van der Waals surface area contributed by atoms with Crippen LogP contribution in [0.5, 0.6) is 5.75 Å². The lowest BCUT2D eigenvalue weighted by Crippen LogP contribution is -2.17. The molecule has 206 valence electrons. The number of hydrogen-bond acceptors (Lipinski definition) is 13. The number of halogens is 1. The topological polar surface area (TPSA) is 214 Å². The smallest absolute Gasteiger partial charge is 0.349 e. The molecule has 0 aliphatic heterocycles. The second-order valence-electron chi connectivity index (χ2n) is 7.25. The number of hydrogen-bond donors (Lipinski definition) is 2. The molecule has 2 aromatic rings. The van der Waals surface area contributed by atoms with Crippen LogP contribution in [0.15, 0.2) is 51.8 Å². The first-order chi connectivity index (χ1) is 18.5. The maximum Gasteiger partial charge on any atom is 0.349 e. The van der Waals surface area contributed by atoms with Crippen LogP contribution in [-0.4, -0.2) is 48.0 Å². The maximum atomic E-state index is 11.8. The van der Waals surface area contributed by atoms with Gasteiger partial charge in [-0.05, 0) is 22.0 Å². The average Bonchev–Trinajstić information content (AvgIpc) is 2.86. The van der Waals surface area contributed by atoms with Crippen LogP contribution in [0.3, 0.4) is 0 Å². The minimum atomic E-state index is -0.845. The second-order valence-corrected chi connectivity index (χ2v) is 8.11. The van der Waals surface area contributed by atoms with Crippen molar-refractivity contribution in [3.8, 4) is 5.75 Å². The van der Waals surface area contributed by atoms with Gasteiger partial charge in [0.25, 0.3) is 5.69 Å².